The third-order valence-corrected chi connectivity index (χ3v) is 6.95. The van der Waals surface area contributed by atoms with E-state index in [2.05, 4.69) is 20.2 Å². The molecule has 2 aliphatic heterocycles. The lowest BCUT2D eigenvalue weighted by atomic mass is 10.1. The molecule has 10 nitrogen and oxygen atoms in total. The largest absolute Gasteiger partial charge is 0.444 e. The monoisotopic (exact) mass is 523 g/mol. The van der Waals surface area contributed by atoms with E-state index in [1.807, 2.05) is 40.7 Å². The summed E-state index contributed by atoms with van der Waals surface area (Å²) in [5, 5.41) is 2.73. The van der Waals surface area contributed by atoms with Gasteiger partial charge < -0.3 is 24.3 Å². The molecule has 0 radical (unpaired) electrons. The van der Waals surface area contributed by atoms with Crippen molar-refractivity contribution in [1.29, 1.82) is 0 Å². The van der Waals surface area contributed by atoms with Gasteiger partial charge in [-0.1, -0.05) is 0 Å². The van der Waals surface area contributed by atoms with E-state index in [1.54, 1.807) is 39.7 Å². The van der Waals surface area contributed by atoms with Crippen LogP contribution in [0.4, 0.5) is 31.2 Å². The van der Waals surface area contributed by atoms with Crippen LogP contribution in [0.25, 0.3) is 5.65 Å². The summed E-state index contributed by atoms with van der Waals surface area (Å²) in [5.41, 5.74) is 3.18. The highest BCUT2D eigenvalue weighted by atomic mass is 19.1. The van der Waals surface area contributed by atoms with Gasteiger partial charge in [0.15, 0.2) is 5.82 Å². The summed E-state index contributed by atoms with van der Waals surface area (Å²) in [6, 6.07) is 1.47. The van der Waals surface area contributed by atoms with Crippen LogP contribution in [0.5, 0.6) is 0 Å². The van der Waals surface area contributed by atoms with Crippen molar-refractivity contribution in [3.63, 3.8) is 0 Å². The molecule has 0 aliphatic carbocycles. The second-order valence-corrected chi connectivity index (χ2v) is 11.0. The Morgan fingerprint density at radius 2 is 1.92 bits per heavy atom. The minimum Gasteiger partial charge on any atom is -0.444 e. The first-order valence-electron chi connectivity index (χ1n) is 12.9. The number of nitrogens with one attached hydrogen (secondary N) is 1. The van der Waals surface area contributed by atoms with E-state index >= 15 is 4.39 Å². The van der Waals surface area contributed by atoms with Crippen LogP contribution >= 0.6 is 0 Å². The van der Waals surface area contributed by atoms with E-state index in [9.17, 15) is 9.59 Å². The van der Waals surface area contributed by atoms with E-state index in [1.165, 1.54) is 0 Å². The molecule has 1 atom stereocenters. The molecular weight excluding hydrogens is 489 g/mol. The fourth-order valence-electron chi connectivity index (χ4n) is 5.19. The Balaban J connectivity index is 1.33. The molecular formula is C27H34FN7O3. The zero-order valence-electron chi connectivity index (χ0n) is 22.7. The lowest BCUT2D eigenvalue weighted by molar-refractivity contribution is 0.0159. The Kier molecular flexibility index (Phi) is 6.40. The molecule has 3 aromatic heterocycles. The van der Waals surface area contributed by atoms with Crippen molar-refractivity contribution in [1.82, 2.24) is 19.3 Å². The normalized spacial score (nSPS) is 17.7. The second-order valence-electron chi connectivity index (χ2n) is 11.0. The smallest absolute Gasteiger partial charge is 0.410 e. The lowest BCUT2D eigenvalue weighted by Crippen LogP contribution is -2.55. The molecule has 11 heteroatoms. The molecule has 2 aliphatic rings. The number of pyridine rings is 2. The fraction of sp³-hybridized carbons (Fsp3) is 0.481. The number of anilines is 3. The van der Waals surface area contributed by atoms with E-state index < -0.39 is 17.4 Å². The number of carbonyl (C=O) groups excluding carboxylic acids is 2. The van der Waals surface area contributed by atoms with Gasteiger partial charge in [-0.25, -0.2) is 23.9 Å². The SMILES string of the molecule is Cc1cn2cc(NC(=O)N3CCc4c(N5CCN(C(=O)OC(C)(C)C)[C@@H](C)C5)ccnc43)c(F)c(C)c2n1. The number of hydrogen-bond donors (Lipinski definition) is 1. The third-order valence-electron chi connectivity index (χ3n) is 6.95. The second kappa shape index (κ2) is 9.45. The van der Waals surface area contributed by atoms with Crippen molar-refractivity contribution in [3.8, 4) is 0 Å². The molecule has 3 amide bonds. The molecule has 1 N–H and O–H groups in total. The van der Waals surface area contributed by atoms with Crippen LogP contribution < -0.4 is 15.1 Å². The number of urea groups is 1. The number of hydrogen-bond acceptors (Lipinski definition) is 6. The maximum absolute atomic E-state index is 15.1. The van der Waals surface area contributed by atoms with Gasteiger partial charge in [-0.15, -0.1) is 0 Å². The first-order valence-corrected chi connectivity index (χ1v) is 12.9. The number of amides is 3. The molecule has 3 aromatic rings. The quantitative estimate of drug-likeness (QED) is 0.531. The van der Waals surface area contributed by atoms with Crippen LogP contribution in [-0.2, 0) is 11.2 Å². The van der Waals surface area contributed by atoms with Crippen molar-refractivity contribution in [2.45, 2.75) is 59.6 Å². The molecule has 1 saturated heterocycles. The molecule has 5 heterocycles. The maximum atomic E-state index is 15.1. The van der Waals surface area contributed by atoms with Gasteiger partial charge in [0.1, 0.15) is 17.1 Å². The Morgan fingerprint density at radius 1 is 1.16 bits per heavy atom. The number of nitrogens with zero attached hydrogens (tertiary/aromatic N) is 6. The summed E-state index contributed by atoms with van der Waals surface area (Å²) in [4.78, 5) is 40.3. The van der Waals surface area contributed by atoms with Gasteiger partial charge in [0.05, 0.1) is 11.4 Å². The van der Waals surface area contributed by atoms with Crippen molar-refractivity contribution in [3.05, 3.63) is 47.3 Å². The summed E-state index contributed by atoms with van der Waals surface area (Å²) in [6.45, 7) is 13.3. The average Bonchev–Trinajstić information content (AvgIpc) is 3.44. The topological polar surface area (TPSA) is 95.3 Å². The first kappa shape index (κ1) is 25.7. The summed E-state index contributed by atoms with van der Waals surface area (Å²) < 4.78 is 22.3. The number of carbonyl (C=O) groups is 2. The molecule has 38 heavy (non-hydrogen) atoms. The third kappa shape index (κ3) is 4.72. The van der Waals surface area contributed by atoms with Gasteiger partial charge in [-0.2, -0.15) is 0 Å². The molecule has 1 fully saturated rings. The van der Waals surface area contributed by atoms with Gasteiger partial charge >= 0.3 is 12.1 Å². The van der Waals surface area contributed by atoms with Crippen LogP contribution in [0, 0.1) is 19.7 Å². The predicted octanol–water partition coefficient (Wildman–Crippen LogP) is 4.53. The van der Waals surface area contributed by atoms with Crippen LogP contribution in [0.1, 0.15) is 44.5 Å². The van der Waals surface area contributed by atoms with Crippen molar-refractivity contribution < 1.29 is 18.7 Å². The fourth-order valence-corrected chi connectivity index (χ4v) is 5.19. The highest BCUT2D eigenvalue weighted by Crippen LogP contribution is 2.35. The van der Waals surface area contributed by atoms with Gasteiger partial charge in [0.2, 0.25) is 0 Å². The van der Waals surface area contributed by atoms with Gasteiger partial charge in [-0.3, -0.25) is 4.90 Å². The molecule has 0 unspecified atom stereocenters. The summed E-state index contributed by atoms with van der Waals surface area (Å²) in [7, 11) is 0. The van der Waals surface area contributed by atoms with Gasteiger partial charge in [0.25, 0.3) is 0 Å². The van der Waals surface area contributed by atoms with Crippen LogP contribution in [-0.4, -0.2) is 69.2 Å². The van der Waals surface area contributed by atoms with Gasteiger partial charge in [0, 0.05) is 67.6 Å². The minimum atomic E-state index is -0.547. The number of aromatic nitrogens is 3. The summed E-state index contributed by atoms with van der Waals surface area (Å²) in [6.07, 6.45) is 5.35. The maximum Gasteiger partial charge on any atom is 0.410 e. The standard InChI is InChI=1S/C27H34FN7O3/c1-16-13-33-15-20(22(28)18(3)23(33)30-16)31-25(36)35-10-8-19-21(7-9-29-24(19)35)32-11-12-34(17(2)14-32)26(37)38-27(4,5)6/h7,9,13,15,17H,8,10-12,14H2,1-6H3,(H,31,36)/t17-/m0/s1. The minimum absolute atomic E-state index is 0.0452. The van der Waals surface area contributed by atoms with Crippen molar-refractivity contribution in [2.75, 3.05) is 41.3 Å². The number of imidazole rings is 1. The Bertz CT molecular complexity index is 1410. The first-order chi connectivity index (χ1) is 17.9. The van der Waals surface area contributed by atoms with E-state index in [4.69, 9.17) is 4.74 Å². The Hall–Kier alpha value is -3.89. The van der Waals surface area contributed by atoms with Crippen molar-refractivity contribution in [2.24, 2.45) is 0 Å². The molecule has 0 aromatic carbocycles. The number of aryl methyl sites for hydroxylation is 2. The zero-order chi connectivity index (χ0) is 27.4. The van der Waals surface area contributed by atoms with Gasteiger partial charge in [-0.05, 0) is 54.0 Å². The predicted molar refractivity (Wildman–Crippen MR) is 144 cm³/mol. The zero-order valence-corrected chi connectivity index (χ0v) is 22.7. The molecule has 0 bridgehead atoms. The van der Waals surface area contributed by atoms with E-state index in [0.29, 0.717) is 49.6 Å². The molecule has 0 saturated carbocycles. The number of halogens is 1. The number of fused-ring (bicyclic) bond motifs is 2. The van der Waals surface area contributed by atoms with E-state index in [0.717, 1.165) is 16.9 Å². The number of piperazine rings is 1. The number of ether oxygens (including phenoxy) is 1. The van der Waals surface area contributed by atoms with Crippen LogP contribution in [0.2, 0.25) is 0 Å². The molecule has 202 valence electrons. The average molecular weight is 524 g/mol. The highest BCUT2D eigenvalue weighted by molar-refractivity contribution is 6.03. The van der Waals surface area contributed by atoms with Crippen LogP contribution in [0.15, 0.2) is 24.7 Å². The lowest BCUT2D eigenvalue weighted by Gasteiger charge is -2.41. The van der Waals surface area contributed by atoms with Crippen LogP contribution in [0.3, 0.4) is 0 Å². The molecule has 5 rings (SSSR count). The highest BCUT2D eigenvalue weighted by Gasteiger charge is 2.34. The Labute approximate surface area is 221 Å². The number of rotatable bonds is 2. The summed E-state index contributed by atoms with van der Waals surface area (Å²) >= 11 is 0. The Morgan fingerprint density at radius 3 is 2.63 bits per heavy atom. The van der Waals surface area contributed by atoms with E-state index in [-0.39, 0.29) is 17.8 Å². The molecule has 0 spiro atoms. The summed E-state index contributed by atoms with van der Waals surface area (Å²) in [5.74, 6) is 0.0633. The van der Waals surface area contributed by atoms with Crippen molar-refractivity contribution >= 4 is 35.0 Å².